The third-order valence-corrected chi connectivity index (χ3v) is 6.51. The van der Waals surface area contributed by atoms with Gasteiger partial charge in [-0.25, -0.2) is 9.69 Å². The van der Waals surface area contributed by atoms with E-state index in [1.165, 1.54) is 17.7 Å². The van der Waals surface area contributed by atoms with E-state index in [-0.39, 0.29) is 5.57 Å². The smallest absolute Gasteiger partial charge is 0.318 e. The van der Waals surface area contributed by atoms with Crippen LogP contribution in [0.3, 0.4) is 0 Å². The van der Waals surface area contributed by atoms with E-state index in [9.17, 15) is 14.4 Å². The van der Waals surface area contributed by atoms with E-state index in [0.29, 0.717) is 10.7 Å². The number of anilines is 1. The van der Waals surface area contributed by atoms with Crippen molar-refractivity contribution in [2.75, 3.05) is 4.90 Å². The predicted octanol–water partition coefficient (Wildman–Crippen LogP) is 5.34. The van der Waals surface area contributed by atoms with Gasteiger partial charge in [-0.2, -0.15) is 0 Å². The molecule has 1 N–H and O–H groups in total. The highest BCUT2D eigenvalue weighted by molar-refractivity contribution is 6.39. The number of halogens is 1. The molecule has 33 heavy (non-hydrogen) atoms. The Balaban J connectivity index is 1.79. The molecule has 1 saturated heterocycles. The summed E-state index contributed by atoms with van der Waals surface area (Å²) >= 11 is 6.19. The standard InChI is InChI=1S/C26H24ClN3O3/c1-14-7-6-8-23(17(14)4)29-16(3)11-19(18(29)5)12-21-24(31)28-26(33)30(25(21)32)20-10-9-15(2)22(27)13-20/h6-13H,1-5H3,(H,28,31,33)/b21-12-. The van der Waals surface area contributed by atoms with Crippen molar-refractivity contribution in [2.24, 2.45) is 0 Å². The number of imide groups is 2. The number of nitrogens with zero attached hydrogens (tertiary/aromatic N) is 2. The van der Waals surface area contributed by atoms with Gasteiger partial charge in [0.2, 0.25) is 0 Å². The lowest BCUT2D eigenvalue weighted by Crippen LogP contribution is -2.54. The summed E-state index contributed by atoms with van der Waals surface area (Å²) in [6.45, 7) is 9.86. The van der Waals surface area contributed by atoms with E-state index < -0.39 is 17.8 Å². The van der Waals surface area contributed by atoms with Gasteiger partial charge in [0.25, 0.3) is 11.8 Å². The van der Waals surface area contributed by atoms with Crippen LogP contribution in [0, 0.1) is 34.6 Å². The van der Waals surface area contributed by atoms with E-state index in [0.717, 1.165) is 38.7 Å². The summed E-state index contributed by atoms with van der Waals surface area (Å²) in [6, 6.07) is 12.1. The number of aromatic nitrogens is 1. The van der Waals surface area contributed by atoms with Crippen LogP contribution in [0.25, 0.3) is 11.8 Å². The third kappa shape index (κ3) is 3.87. The molecule has 1 aliphatic rings. The lowest BCUT2D eigenvalue weighted by atomic mass is 10.1. The van der Waals surface area contributed by atoms with Crippen LogP contribution in [0.5, 0.6) is 0 Å². The molecule has 6 nitrogen and oxygen atoms in total. The molecule has 4 amide bonds. The normalized spacial score (nSPS) is 15.4. The summed E-state index contributed by atoms with van der Waals surface area (Å²) in [5.74, 6) is -1.42. The fourth-order valence-electron chi connectivity index (χ4n) is 4.05. The second kappa shape index (κ2) is 8.37. The summed E-state index contributed by atoms with van der Waals surface area (Å²) in [5.41, 5.74) is 6.94. The molecule has 0 unspecified atom stereocenters. The number of aryl methyl sites for hydroxylation is 3. The first-order valence-electron chi connectivity index (χ1n) is 10.5. The second-order valence-electron chi connectivity index (χ2n) is 8.27. The Morgan fingerprint density at radius 2 is 1.64 bits per heavy atom. The van der Waals surface area contributed by atoms with Gasteiger partial charge in [0.1, 0.15) is 5.57 Å². The van der Waals surface area contributed by atoms with Crippen molar-refractivity contribution in [3.63, 3.8) is 0 Å². The first-order chi connectivity index (χ1) is 15.6. The van der Waals surface area contributed by atoms with Crippen molar-refractivity contribution in [3.05, 3.63) is 86.7 Å². The van der Waals surface area contributed by atoms with Crippen molar-refractivity contribution >= 4 is 41.2 Å². The number of carbonyl (C=O) groups excluding carboxylic acids is 3. The molecule has 0 radical (unpaired) electrons. The Kier molecular flexibility index (Phi) is 5.72. The highest BCUT2D eigenvalue weighted by atomic mass is 35.5. The fourth-order valence-corrected chi connectivity index (χ4v) is 4.23. The number of carbonyl (C=O) groups is 3. The van der Waals surface area contributed by atoms with Gasteiger partial charge < -0.3 is 4.57 Å². The summed E-state index contributed by atoms with van der Waals surface area (Å²) in [6.07, 6.45) is 1.54. The second-order valence-corrected chi connectivity index (χ2v) is 8.68. The highest BCUT2D eigenvalue weighted by Gasteiger charge is 2.37. The van der Waals surface area contributed by atoms with Gasteiger partial charge >= 0.3 is 6.03 Å². The Bertz CT molecular complexity index is 1370. The van der Waals surface area contributed by atoms with Gasteiger partial charge in [-0.1, -0.05) is 29.8 Å². The van der Waals surface area contributed by atoms with Crippen molar-refractivity contribution < 1.29 is 14.4 Å². The molecular formula is C26H24ClN3O3. The predicted molar refractivity (Wildman–Crippen MR) is 130 cm³/mol. The van der Waals surface area contributed by atoms with Crippen molar-refractivity contribution in [3.8, 4) is 5.69 Å². The third-order valence-electron chi connectivity index (χ3n) is 6.10. The Labute approximate surface area is 197 Å². The lowest BCUT2D eigenvalue weighted by Gasteiger charge is -2.26. The quantitative estimate of drug-likeness (QED) is 0.422. The van der Waals surface area contributed by atoms with Crippen LogP contribution in [0.15, 0.2) is 48.0 Å². The fraction of sp³-hybridized carbons (Fsp3) is 0.192. The topological polar surface area (TPSA) is 71.4 Å². The zero-order valence-electron chi connectivity index (χ0n) is 19.1. The molecule has 4 rings (SSSR count). The molecule has 0 bridgehead atoms. The van der Waals surface area contributed by atoms with E-state index in [4.69, 9.17) is 11.6 Å². The molecule has 0 saturated carbocycles. The zero-order valence-corrected chi connectivity index (χ0v) is 19.9. The average Bonchev–Trinajstić information content (AvgIpc) is 3.03. The van der Waals surface area contributed by atoms with Crippen molar-refractivity contribution in [1.82, 2.24) is 9.88 Å². The maximum Gasteiger partial charge on any atom is 0.335 e. The highest BCUT2D eigenvalue weighted by Crippen LogP contribution is 2.29. The molecule has 2 aromatic carbocycles. The molecule has 3 aromatic rings. The van der Waals surface area contributed by atoms with Gasteiger partial charge in [-0.05, 0) is 87.2 Å². The molecule has 1 aliphatic heterocycles. The monoisotopic (exact) mass is 461 g/mol. The van der Waals surface area contributed by atoms with Gasteiger partial charge in [0, 0.05) is 22.1 Å². The maximum absolute atomic E-state index is 13.2. The largest absolute Gasteiger partial charge is 0.335 e. The first-order valence-corrected chi connectivity index (χ1v) is 10.9. The molecule has 1 fully saturated rings. The Morgan fingerprint density at radius 3 is 2.33 bits per heavy atom. The minimum Gasteiger partial charge on any atom is -0.318 e. The minimum atomic E-state index is -0.803. The molecular weight excluding hydrogens is 438 g/mol. The van der Waals surface area contributed by atoms with E-state index in [2.05, 4.69) is 29.8 Å². The van der Waals surface area contributed by atoms with Gasteiger partial charge in [0.15, 0.2) is 0 Å². The number of benzene rings is 2. The van der Waals surface area contributed by atoms with Gasteiger partial charge in [-0.15, -0.1) is 0 Å². The molecule has 0 spiro atoms. The zero-order chi connectivity index (χ0) is 24.0. The van der Waals surface area contributed by atoms with Crippen LogP contribution >= 0.6 is 11.6 Å². The van der Waals surface area contributed by atoms with Gasteiger partial charge in [0.05, 0.1) is 5.69 Å². The van der Waals surface area contributed by atoms with Crippen LogP contribution < -0.4 is 10.2 Å². The molecule has 2 heterocycles. The molecule has 0 aliphatic carbocycles. The van der Waals surface area contributed by atoms with Crippen LogP contribution in [0.2, 0.25) is 5.02 Å². The number of hydrogen-bond acceptors (Lipinski definition) is 3. The summed E-state index contributed by atoms with van der Waals surface area (Å²) in [5, 5.41) is 2.68. The Hall–Kier alpha value is -3.64. The van der Waals surface area contributed by atoms with Gasteiger partial charge in [-0.3, -0.25) is 14.9 Å². The SMILES string of the molecule is Cc1ccc(N2C(=O)NC(=O)/C(=C/c3cc(C)n(-c4cccc(C)c4C)c3C)C2=O)cc1Cl. The average molecular weight is 462 g/mol. The molecule has 0 atom stereocenters. The van der Waals surface area contributed by atoms with E-state index in [1.807, 2.05) is 39.0 Å². The molecule has 7 heteroatoms. The van der Waals surface area contributed by atoms with Crippen LogP contribution in [-0.2, 0) is 9.59 Å². The van der Waals surface area contributed by atoms with Crippen LogP contribution in [-0.4, -0.2) is 22.4 Å². The van der Waals surface area contributed by atoms with E-state index in [1.54, 1.807) is 12.1 Å². The van der Waals surface area contributed by atoms with Crippen LogP contribution in [0.1, 0.15) is 33.6 Å². The number of barbiturate groups is 1. The molecule has 1 aromatic heterocycles. The van der Waals surface area contributed by atoms with Crippen molar-refractivity contribution in [2.45, 2.75) is 34.6 Å². The number of amides is 4. The van der Waals surface area contributed by atoms with E-state index >= 15 is 0 Å². The Morgan fingerprint density at radius 1 is 0.909 bits per heavy atom. The minimum absolute atomic E-state index is 0.118. The number of hydrogen-bond donors (Lipinski definition) is 1. The molecule has 168 valence electrons. The summed E-state index contributed by atoms with van der Waals surface area (Å²) in [4.78, 5) is 39.3. The number of rotatable bonds is 3. The number of nitrogens with one attached hydrogen (secondary N) is 1. The maximum atomic E-state index is 13.2. The first kappa shape index (κ1) is 22.6. The lowest BCUT2D eigenvalue weighted by molar-refractivity contribution is -0.122. The van der Waals surface area contributed by atoms with Crippen LogP contribution in [0.4, 0.5) is 10.5 Å². The summed E-state index contributed by atoms with van der Waals surface area (Å²) in [7, 11) is 0. The van der Waals surface area contributed by atoms with Crippen molar-refractivity contribution in [1.29, 1.82) is 0 Å². The number of urea groups is 1. The summed E-state index contributed by atoms with van der Waals surface area (Å²) < 4.78 is 2.10.